The molecule has 2 aliphatic rings. The van der Waals surface area contributed by atoms with Crippen molar-refractivity contribution in [3.05, 3.63) is 40.4 Å². The first-order chi connectivity index (χ1) is 13.1. The minimum atomic E-state index is 0.0480. The summed E-state index contributed by atoms with van der Waals surface area (Å²) in [5.74, 6) is 0.0480. The number of likely N-dealkylation sites (N-methyl/N-ethyl adjacent to an activating group) is 1. The van der Waals surface area contributed by atoms with Crippen LogP contribution in [0.25, 0.3) is 10.6 Å². The molecule has 0 bridgehead atoms. The van der Waals surface area contributed by atoms with Gasteiger partial charge < -0.3 is 9.80 Å². The van der Waals surface area contributed by atoms with Crippen molar-refractivity contribution in [3.8, 4) is 10.6 Å². The lowest BCUT2D eigenvalue weighted by Gasteiger charge is -2.42. The zero-order valence-electron chi connectivity index (χ0n) is 15.6. The Morgan fingerprint density at radius 1 is 1.15 bits per heavy atom. The normalized spacial score (nSPS) is 22.1. The maximum Gasteiger partial charge on any atom is 0.273 e. The van der Waals surface area contributed by atoms with E-state index in [1.165, 1.54) is 30.7 Å². The average molecular weight is 405 g/mol. The van der Waals surface area contributed by atoms with Gasteiger partial charge in [0.25, 0.3) is 5.91 Å². The van der Waals surface area contributed by atoms with Crippen molar-refractivity contribution < 1.29 is 4.79 Å². The van der Waals surface area contributed by atoms with Gasteiger partial charge in [-0.3, -0.25) is 9.69 Å². The lowest BCUT2D eigenvalue weighted by molar-refractivity contribution is 0.0449. The standard InChI is InChI=1S/C20H25ClN4OS/c1-23-8-2-3-17(13-23)24-9-11-25(12-10-24)20(26)18-14-27-19(22-18)15-4-6-16(21)7-5-15/h4-7,14,17H,2-3,8-13H2,1H3. The van der Waals surface area contributed by atoms with Crippen molar-refractivity contribution in [2.45, 2.75) is 18.9 Å². The van der Waals surface area contributed by atoms with E-state index >= 15 is 0 Å². The number of piperazine rings is 1. The molecule has 144 valence electrons. The van der Waals surface area contributed by atoms with Gasteiger partial charge in [-0.15, -0.1) is 11.3 Å². The van der Waals surface area contributed by atoms with Gasteiger partial charge in [-0.05, 0) is 38.6 Å². The molecule has 1 aromatic carbocycles. The van der Waals surface area contributed by atoms with Gasteiger partial charge in [-0.1, -0.05) is 23.7 Å². The van der Waals surface area contributed by atoms with Crippen LogP contribution in [0, 0.1) is 0 Å². The first-order valence-corrected chi connectivity index (χ1v) is 10.8. The van der Waals surface area contributed by atoms with Gasteiger partial charge in [0.1, 0.15) is 10.7 Å². The smallest absolute Gasteiger partial charge is 0.273 e. The van der Waals surface area contributed by atoms with Crippen LogP contribution in [-0.4, -0.2) is 77.9 Å². The van der Waals surface area contributed by atoms with Crippen LogP contribution in [0.15, 0.2) is 29.6 Å². The van der Waals surface area contributed by atoms with Crippen LogP contribution in [0.5, 0.6) is 0 Å². The summed E-state index contributed by atoms with van der Waals surface area (Å²) in [5.41, 5.74) is 1.55. The summed E-state index contributed by atoms with van der Waals surface area (Å²) >= 11 is 7.45. The molecule has 7 heteroatoms. The van der Waals surface area contributed by atoms with E-state index in [-0.39, 0.29) is 5.91 Å². The number of carbonyl (C=O) groups excluding carboxylic acids is 1. The van der Waals surface area contributed by atoms with E-state index in [2.05, 4.69) is 21.8 Å². The lowest BCUT2D eigenvalue weighted by Crippen LogP contribution is -2.55. The minimum Gasteiger partial charge on any atom is -0.335 e. The molecule has 1 atom stereocenters. The van der Waals surface area contributed by atoms with Crippen LogP contribution in [0.4, 0.5) is 0 Å². The molecule has 2 saturated heterocycles. The largest absolute Gasteiger partial charge is 0.335 e. The summed E-state index contributed by atoms with van der Waals surface area (Å²) in [6.45, 7) is 5.83. The summed E-state index contributed by atoms with van der Waals surface area (Å²) < 4.78 is 0. The number of benzene rings is 1. The van der Waals surface area contributed by atoms with Gasteiger partial charge in [0.2, 0.25) is 0 Å². The number of amides is 1. The van der Waals surface area contributed by atoms with Crippen LogP contribution < -0.4 is 0 Å². The fourth-order valence-electron chi connectivity index (χ4n) is 3.99. The van der Waals surface area contributed by atoms with E-state index in [0.717, 1.165) is 43.3 Å². The molecule has 3 heterocycles. The van der Waals surface area contributed by atoms with E-state index in [0.29, 0.717) is 16.8 Å². The third-order valence-corrected chi connectivity index (χ3v) is 6.68. The summed E-state index contributed by atoms with van der Waals surface area (Å²) in [5, 5.41) is 3.43. The second-order valence-corrected chi connectivity index (χ2v) is 8.73. The maximum atomic E-state index is 12.9. The number of likely N-dealkylation sites (tertiary alicyclic amines) is 1. The predicted octanol–water partition coefficient (Wildman–Crippen LogP) is 3.32. The van der Waals surface area contributed by atoms with Crippen LogP contribution in [0.2, 0.25) is 5.02 Å². The molecule has 0 N–H and O–H groups in total. The van der Waals surface area contributed by atoms with Gasteiger partial charge in [0.05, 0.1) is 0 Å². The molecule has 1 unspecified atom stereocenters. The summed E-state index contributed by atoms with van der Waals surface area (Å²) in [4.78, 5) is 24.3. The third-order valence-electron chi connectivity index (χ3n) is 5.53. The predicted molar refractivity (Wildman–Crippen MR) is 111 cm³/mol. The monoisotopic (exact) mass is 404 g/mol. The number of carbonyl (C=O) groups is 1. The Balaban J connectivity index is 1.36. The number of halogens is 1. The van der Waals surface area contributed by atoms with E-state index < -0.39 is 0 Å². The Morgan fingerprint density at radius 3 is 2.59 bits per heavy atom. The van der Waals surface area contributed by atoms with Crippen LogP contribution >= 0.6 is 22.9 Å². The lowest BCUT2D eigenvalue weighted by atomic mass is 10.0. The van der Waals surface area contributed by atoms with Gasteiger partial charge >= 0.3 is 0 Å². The Morgan fingerprint density at radius 2 is 1.89 bits per heavy atom. The molecule has 0 aliphatic carbocycles. The zero-order chi connectivity index (χ0) is 18.8. The van der Waals surface area contributed by atoms with E-state index in [1.54, 1.807) is 0 Å². The van der Waals surface area contributed by atoms with Crippen molar-refractivity contribution in [3.63, 3.8) is 0 Å². The van der Waals surface area contributed by atoms with Crippen LogP contribution in [-0.2, 0) is 0 Å². The fraction of sp³-hybridized carbons (Fsp3) is 0.500. The second kappa shape index (κ2) is 8.27. The quantitative estimate of drug-likeness (QED) is 0.786. The molecular formula is C20H25ClN4OS. The Labute approximate surface area is 169 Å². The van der Waals surface area contributed by atoms with Crippen molar-refractivity contribution in [2.24, 2.45) is 0 Å². The average Bonchev–Trinajstić information content (AvgIpc) is 3.18. The number of nitrogens with zero attached hydrogens (tertiary/aromatic N) is 4. The topological polar surface area (TPSA) is 39.7 Å². The summed E-state index contributed by atoms with van der Waals surface area (Å²) in [6.07, 6.45) is 2.54. The molecule has 27 heavy (non-hydrogen) atoms. The van der Waals surface area contributed by atoms with Gasteiger partial charge in [0.15, 0.2) is 0 Å². The maximum absolute atomic E-state index is 12.9. The number of hydrogen-bond donors (Lipinski definition) is 0. The van der Waals surface area contributed by atoms with Crippen LogP contribution in [0.1, 0.15) is 23.3 Å². The SMILES string of the molecule is CN1CCCC(N2CCN(C(=O)c3csc(-c4ccc(Cl)cc4)n3)CC2)C1. The van der Waals surface area contributed by atoms with Crippen molar-refractivity contribution in [2.75, 3.05) is 46.3 Å². The Kier molecular flexibility index (Phi) is 5.78. The third kappa shape index (κ3) is 4.35. The molecule has 1 amide bonds. The first-order valence-electron chi connectivity index (χ1n) is 9.53. The van der Waals surface area contributed by atoms with E-state index in [4.69, 9.17) is 11.6 Å². The summed E-state index contributed by atoms with van der Waals surface area (Å²) in [7, 11) is 2.20. The highest BCUT2D eigenvalue weighted by atomic mass is 35.5. The highest BCUT2D eigenvalue weighted by Crippen LogP contribution is 2.26. The molecule has 2 aliphatic heterocycles. The molecular weight excluding hydrogens is 380 g/mol. The number of piperidine rings is 1. The molecule has 0 radical (unpaired) electrons. The molecule has 0 spiro atoms. The fourth-order valence-corrected chi connectivity index (χ4v) is 4.91. The molecule has 5 nitrogen and oxygen atoms in total. The zero-order valence-corrected chi connectivity index (χ0v) is 17.2. The molecule has 2 fully saturated rings. The van der Waals surface area contributed by atoms with E-state index in [9.17, 15) is 4.79 Å². The number of hydrogen-bond acceptors (Lipinski definition) is 5. The van der Waals surface area contributed by atoms with Crippen molar-refractivity contribution in [1.29, 1.82) is 0 Å². The number of aromatic nitrogens is 1. The molecule has 0 saturated carbocycles. The van der Waals surface area contributed by atoms with Gasteiger partial charge in [-0.2, -0.15) is 0 Å². The highest BCUT2D eigenvalue weighted by molar-refractivity contribution is 7.13. The first kappa shape index (κ1) is 18.9. The highest BCUT2D eigenvalue weighted by Gasteiger charge is 2.29. The van der Waals surface area contributed by atoms with E-state index in [1.807, 2.05) is 34.5 Å². The minimum absolute atomic E-state index is 0.0480. The molecule has 2 aromatic rings. The van der Waals surface area contributed by atoms with Gasteiger partial charge in [-0.25, -0.2) is 4.98 Å². The second-order valence-electron chi connectivity index (χ2n) is 7.43. The molecule has 4 rings (SSSR count). The van der Waals surface area contributed by atoms with Gasteiger partial charge in [0, 0.05) is 54.7 Å². The Bertz CT molecular complexity index is 786. The number of thiazole rings is 1. The molecule has 1 aromatic heterocycles. The number of rotatable bonds is 3. The van der Waals surface area contributed by atoms with Crippen molar-refractivity contribution in [1.82, 2.24) is 19.7 Å². The summed E-state index contributed by atoms with van der Waals surface area (Å²) in [6, 6.07) is 8.21. The van der Waals surface area contributed by atoms with Crippen LogP contribution in [0.3, 0.4) is 0 Å². The Hall–Kier alpha value is -1.47. The van der Waals surface area contributed by atoms with Crippen molar-refractivity contribution >= 4 is 28.8 Å².